The summed E-state index contributed by atoms with van der Waals surface area (Å²) in [5, 5.41) is 9.84. The zero-order valence-corrected chi connectivity index (χ0v) is 26.5. The molecule has 3 heterocycles. The molecule has 3 heteroatoms. The summed E-state index contributed by atoms with van der Waals surface area (Å²) in [6.07, 6.45) is 0. The van der Waals surface area contributed by atoms with Crippen LogP contribution in [0.5, 0.6) is 0 Å². The second kappa shape index (κ2) is 9.96. The molecule has 0 radical (unpaired) electrons. The van der Waals surface area contributed by atoms with Crippen molar-refractivity contribution in [3.8, 4) is 22.5 Å². The molecule has 3 nitrogen and oxygen atoms in total. The largest absolute Gasteiger partial charge is 0.456 e. The van der Waals surface area contributed by atoms with Gasteiger partial charge < -0.3 is 13.6 Å². The molecule has 0 saturated heterocycles. The summed E-state index contributed by atoms with van der Waals surface area (Å²) in [5.74, 6) is 0. The molecule has 11 rings (SSSR count). The maximum absolute atomic E-state index is 6.28. The van der Waals surface area contributed by atoms with E-state index in [1.165, 1.54) is 59.9 Å². The first-order valence-corrected chi connectivity index (χ1v) is 16.8. The van der Waals surface area contributed by atoms with Gasteiger partial charge in [0, 0.05) is 43.7 Å². The molecule has 0 aliphatic rings. The summed E-state index contributed by atoms with van der Waals surface area (Å²) < 4.78 is 11.1. The Kier molecular flexibility index (Phi) is 5.38. The number of aromatic nitrogens is 2. The lowest BCUT2D eigenvalue weighted by molar-refractivity contribution is 0.669. The van der Waals surface area contributed by atoms with Crippen molar-refractivity contribution in [2.45, 2.75) is 0 Å². The number of fused-ring (bicyclic) bond motifs is 11. The van der Waals surface area contributed by atoms with Crippen molar-refractivity contribution < 1.29 is 4.42 Å². The molecule has 0 aliphatic heterocycles. The fourth-order valence-corrected chi connectivity index (χ4v) is 8.21. The van der Waals surface area contributed by atoms with Crippen LogP contribution < -0.4 is 0 Å². The molecule has 49 heavy (non-hydrogen) atoms. The lowest BCUT2D eigenvalue weighted by Gasteiger charge is -2.12. The number of rotatable bonds is 3. The monoisotopic (exact) mass is 624 g/mol. The van der Waals surface area contributed by atoms with Crippen LogP contribution in [0.1, 0.15) is 0 Å². The lowest BCUT2D eigenvalue weighted by Crippen LogP contribution is -1.96. The van der Waals surface area contributed by atoms with Gasteiger partial charge in [-0.2, -0.15) is 0 Å². The average Bonchev–Trinajstić information content (AvgIpc) is 3.81. The second-order valence-corrected chi connectivity index (χ2v) is 12.9. The number of furan rings is 1. The highest BCUT2D eigenvalue weighted by molar-refractivity contribution is 6.25. The number of benzene rings is 8. The Labute approximate surface area is 281 Å². The minimum atomic E-state index is 0.906. The molecule has 0 N–H and O–H groups in total. The van der Waals surface area contributed by atoms with Crippen LogP contribution in [-0.4, -0.2) is 9.13 Å². The highest BCUT2D eigenvalue weighted by Gasteiger charge is 2.20. The number of hydrogen-bond donors (Lipinski definition) is 0. The van der Waals surface area contributed by atoms with E-state index in [1.54, 1.807) is 0 Å². The van der Waals surface area contributed by atoms with Crippen molar-refractivity contribution in [2.75, 3.05) is 0 Å². The Morgan fingerprint density at radius 3 is 1.96 bits per heavy atom. The van der Waals surface area contributed by atoms with Gasteiger partial charge in [0.05, 0.1) is 22.1 Å². The Hall–Kier alpha value is -6.58. The summed E-state index contributed by atoms with van der Waals surface area (Å²) in [6, 6.07) is 61.3. The molecule has 3 aromatic heterocycles. The molecule has 0 aliphatic carbocycles. The smallest absolute Gasteiger partial charge is 0.136 e. The third-order valence-corrected chi connectivity index (χ3v) is 10.3. The summed E-state index contributed by atoms with van der Waals surface area (Å²) in [5.41, 5.74) is 11.2. The van der Waals surface area contributed by atoms with Crippen LogP contribution in [0.4, 0.5) is 0 Å². The predicted octanol–water partition coefficient (Wildman–Crippen LogP) is 12.6. The van der Waals surface area contributed by atoms with E-state index >= 15 is 0 Å². The fraction of sp³-hybridized carbons (Fsp3) is 0. The molecule has 11 aromatic rings. The van der Waals surface area contributed by atoms with Gasteiger partial charge in [0.2, 0.25) is 0 Å². The second-order valence-electron chi connectivity index (χ2n) is 12.9. The molecule has 0 saturated carbocycles. The van der Waals surface area contributed by atoms with E-state index in [-0.39, 0.29) is 0 Å². The van der Waals surface area contributed by atoms with Gasteiger partial charge in [0.25, 0.3) is 0 Å². The predicted molar refractivity (Wildman–Crippen MR) is 205 cm³/mol. The zero-order chi connectivity index (χ0) is 32.1. The first-order valence-electron chi connectivity index (χ1n) is 16.8. The van der Waals surface area contributed by atoms with Gasteiger partial charge in [-0.25, -0.2) is 0 Å². The fourth-order valence-electron chi connectivity index (χ4n) is 8.21. The van der Waals surface area contributed by atoms with Gasteiger partial charge in [-0.05, 0) is 82.6 Å². The molecule has 0 unspecified atom stereocenters. The van der Waals surface area contributed by atoms with Crippen LogP contribution in [0.2, 0.25) is 0 Å². The Morgan fingerprint density at radius 1 is 0.347 bits per heavy atom. The standard InChI is InChI=1S/C46H28N2O/c1-2-14-31(15-3-1)47-39-21-8-6-18-35(39)37-27-38-42(28-41(37)47)48(40-25-24-29-12-4-5-17-33(29)45(38)40)32-16-10-13-30(26-32)34-20-11-23-44-46(34)36-19-7-9-22-43(36)49-44/h1-28H. The van der Waals surface area contributed by atoms with Crippen molar-refractivity contribution in [1.29, 1.82) is 0 Å². The third kappa shape index (κ3) is 3.73. The number of hydrogen-bond acceptors (Lipinski definition) is 1. The SMILES string of the molecule is c1ccc(-n2c3ccccc3c3cc4c5c6ccccc6ccc5n(-c5cccc(-c6cccc7oc8ccccc8c67)c5)c4cc32)cc1. The van der Waals surface area contributed by atoms with E-state index in [0.717, 1.165) is 38.9 Å². The van der Waals surface area contributed by atoms with Crippen LogP contribution in [0.3, 0.4) is 0 Å². The molecule has 0 amide bonds. The van der Waals surface area contributed by atoms with Gasteiger partial charge >= 0.3 is 0 Å². The maximum Gasteiger partial charge on any atom is 0.136 e. The van der Waals surface area contributed by atoms with Crippen molar-refractivity contribution >= 4 is 76.3 Å². The average molecular weight is 625 g/mol. The van der Waals surface area contributed by atoms with Crippen molar-refractivity contribution in [3.63, 3.8) is 0 Å². The van der Waals surface area contributed by atoms with E-state index < -0.39 is 0 Å². The summed E-state index contributed by atoms with van der Waals surface area (Å²) in [7, 11) is 0. The lowest BCUT2D eigenvalue weighted by atomic mass is 9.99. The number of para-hydroxylation sites is 3. The summed E-state index contributed by atoms with van der Waals surface area (Å²) in [4.78, 5) is 0. The number of nitrogens with zero attached hydrogens (tertiary/aromatic N) is 2. The van der Waals surface area contributed by atoms with Gasteiger partial charge in [-0.15, -0.1) is 0 Å². The van der Waals surface area contributed by atoms with Gasteiger partial charge in [0.1, 0.15) is 11.2 Å². The first-order chi connectivity index (χ1) is 24.3. The molecule has 228 valence electrons. The molecule has 0 atom stereocenters. The van der Waals surface area contributed by atoms with E-state index in [1.807, 2.05) is 12.1 Å². The minimum Gasteiger partial charge on any atom is -0.456 e. The van der Waals surface area contributed by atoms with Crippen molar-refractivity contribution in [2.24, 2.45) is 0 Å². The molecule has 0 bridgehead atoms. The quantitative estimate of drug-likeness (QED) is 0.192. The van der Waals surface area contributed by atoms with Crippen LogP contribution >= 0.6 is 0 Å². The van der Waals surface area contributed by atoms with E-state index in [4.69, 9.17) is 4.42 Å². The van der Waals surface area contributed by atoms with Crippen LogP contribution in [-0.2, 0) is 0 Å². The highest BCUT2D eigenvalue weighted by atomic mass is 16.3. The van der Waals surface area contributed by atoms with Gasteiger partial charge in [-0.3, -0.25) is 0 Å². The molecule has 0 spiro atoms. The minimum absolute atomic E-state index is 0.906. The Morgan fingerprint density at radius 2 is 1.04 bits per heavy atom. The van der Waals surface area contributed by atoms with Crippen LogP contribution in [0.25, 0.3) is 98.8 Å². The highest BCUT2D eigenvalue weighted by Crippen LogP contribution is 2.43. The Bertz CT molecular complexity index is 3100. The maximum atomic E-state index is 6.28. The Balaban J connectivity index is 1.26. The van der Waals surface area contributed by atoms with Crippen molar-refractivity contribution in [3.05, 3.63) is 170 Å². The third-order valence-electron chi connectivity index (χ3n) is 10.3. The van der Waals surface area contributed by atoms with Crippen LogP contribution in [0.15, 0.2) is 174 Å². The van der Waals surface area contributed by atoms with E-state index in [2.05, 4.69) is 167 Å². The topological polar surface area (TPSA) is 23.0 Å². The molecule has 8 aromatic carbocycles. The normalized spacial score (nSPS) is 12.1. The molecule has 0 fully saturated rings. The zero-order valence-electron chi connectivity index (χ0n) is 26.5. The van der Waals surface area contributed by atoms with Gasteiger partial charge in [-0.1, -0.05) is 109 Å². The van der Waals surface area contributed by atoms with Crippen molar-refractivity contribution in [1.82, 2.24) is 9.13 Å². The summed E-state index contributed by atoms with van der Waals surface area (Å²) >= 11 is 0. The molecular weight excluding hydrogens is 597 g/mol. The molecular formula is C46H28N2O. The summed E-state index contributed by atoms with van der Waals surface area (Å²) in [6.45, 7) is 0. The van der Waals surface area contributed by atoms with E-state index in [9.17, 15) is 0 Å². The van der Waals surface area contributed by atoms with E-state index in [0.29, 0.717) is 0 Å². The first kappa shape index (κ1) is 26.5. The van der Waals surface area contributed by atoms with Gasteiger partial charge in [0.15, 0.2) is 0 Å². The van der Waals surface area contributed by atoms with Crippen LogP contribution in [0, 0.1) is 0 Å².